The van der Waals surface area contributed by atoms with E-state index in [-0.39, 0.29) is 18.0 Å². The lowest BCUT2D eigenvalue weighted by atomic mass is 9.74. The molecule has 0 unspecified atom stereocenters. The number of nitro benzene ring substituents is 1. The van der Waals surface area contributed by atoms with E-state index >= 15 is 0 Å². The van der Waals surface area contributed by atoms with Crippen LogP contribution in [0.25, 0.3) is 11.1 Å². The molecule has 3 aromatic carbocycles. The topological polar surface area (TPSA) is 130 Å². The van der Waals surface area contributed by atoms with Gasteiger partial charge in [0.25, 0.3) is 5.69 Å². The lowest BCUT2D eigenvalue weighted by Crippen LogP contribution is -2.49. The van der Waals surface area contributed by atoms with E-state index in [9.17, 15) is 38.0 Å². The quantitative estimate of drug-likeness (QED) is 0.197. The molecule has 9 nitrogen and oxygen atoms in total. The highest BCUT2D eigenvalue weighted by Crippen LogP contribution is 2.51. The molecule has 3 N–H and O–H groups in total. The SMILES string of the molecule is NCC(F)(F)F.O=C(Cc1ccc([N+](=O)[O-])cc1)N1CCN(CCCCC2(C(=O)O)c3ccccc3-c3ccccc32)CC1. The Morgan fingerprint density at radius 1 is 0.886 bits per heavy atom. The normalized spacial score (nSPS) is 15.5. The number of carbonyl (C=O) groups is 2. The number of carboxylic acid groups (broad SMARTS) is 1. The maximum atomic E-state index is 12.7. The van der Waals surface area contributed by atoms with Crippen LogP contribution >= 0.6 is 0 Å². The van der Waals surface area contributed by atoms with Crippen LogP contribution in [0.4, 0.5) is 18.9 Å². The summed E-state index contributed by atoms with van der Waals surface area (Å²) in [4.78, 5) is 40.0. The molecule has 0 atom stereocenters. The number of alkyl halides is 3. The molecule has 44 heavy (non-hydrogen) atoms. The molecule has 12 heteroatoms. The summed E-state index contributed by atoms with van der Waals surface area (Å²) in [5.74, 6) is -0.768. The number of piperazine rings is 1. The van der Waals surface area contributed by atoms with Gasteiger partial charge in [-0.1, -0.05) is 67.1 Å². The first-order valence-corrected chi connectivity index (χ1v) is 14.4. The summed E-state index contributed by atoms with van der Waals surface area (Å²) in [5, 5.41) is 21.3. The van der Waals surface area contributed by atoms with E-state index in [4.69, 9.17) is 0 Å². The summed E-state index contributed by atoms with van der Waals surface area (Å²) in [7, 11) is 0. The van der Waals surface area contributed by atoms with Gasteiger partial charge >= 0.3 is 12.1 Å². The van der Waals surface area contributed by atoms with Crippen molar-refractivity contribution in [2.24, 2.45) is 5.73 Å². The van der Waals surface area contributed by atoms with E-state index in [0.717, 1.165) is 60.3 Å². The Morgan fingerprint density at radius 2 is 1.41 bits per heavy atom. The van der Waals surface area contributed by atoms with Crippen molar-refractivity contribution in [3.8, 4) is 11.1 Å². The van der Waals surface area contributed by atoms with Gasteiger partial charge in [-0.25, -0.2) is 0 Å². The van der Waals surface area contributed by atoms with Crippen LogP contribution in [-0.4, -0.2) is 77.2 Å². The summed E-state index contributed by atoms with van der Waals surface area (Å²) in [6.07, 6.45) is -1.73. The monoisotopic (exact) mass is 612 g/mol. The van der Waals surface area contributed by atoms with E-state index in [1.807, 2.05) is 53.4 Å². The van der Waals surface area contributed by atoms with E-state index in [1.54, 1.807) is 12.1 Å². The number of halogens is 3. The van der Waals surface area contributed by atoms with Crippen LogP contribution in [-0.2, 0) is 21.4 Å². The number of fused-ring (bicyclic) bond motifs is 3. The summed E-state index contributed by atoms with van der Waals surface area (Å²) < 4.78 is 32.0. The standard InChI is InChI=1S/C30H31N3O5.C2H4F3N/c34-28(21-22-11-13-23(14-12-22)33(37)38)32-19-17-31(18-20-32)16-6-5-15-30(29(35)36)26-9-3-1-7-24(26)25-8-2-4-10-27(25)30;3-2(4,5)1-6/h1-4,7-14H,5-6,15-21H2,(H,35,36);1,6H2. The molecule has 1 amide bonds. The number of carboxylic acids is 1. The maximum Gasteiger partial charge on any atom is 0.400 e. The molecular formula is C32H35F3N4O5. The van der Waals surface area contributed by atoms with Crippen LogP contribution in [0.3, 0.4) is 0 Å². The molecule has 1 aliphatic carbocycles. The number of hydrogen-bond donors (Lipinski definition) is 2. The Bertz CT molecular complexity index is 1430. The molecule has 5 rings (SSSR count). The van der Waals surface area contributed by atoms with Crippen LogP contribution in [0.5, 0.6) is 0 Å². The van der Waals surface area contributed by atoms with E-state index in [0.29, 0.717) is 19.5 Å². The number of benzene rings is 3. The molecule has 0 aromatic heterocycles. The summed E-state index contributed by atoms with van der Waals surface area (Å²) in [5.41, 5.74) is 7.74. The number of rotatable bonds is 9. The summed E-state index contributed by atoms with van der Waals surface area (Å²) >= 11 is 0. The lowest BCUT2D eigenvalue weighted by molar-refractivity contribution is -0.384. The number of aliphatic carboxylic acids is 1. The van der Waals surface area contributed by atoms with E-state index in [1.165, 1.54) is 12.1 Å². The number of nitrogens with zero attached hydrogens (tertiary/aromatic N) is 3. The van der Waals surface area contributed by atoms with Crippen LogP contribution in [0.15, 0.2) is 72.8 Å². The maximum absolute atomic E-state index is 12.7. The first-order chi connectivity index (χ1) is 21.0. The van der Waals surface area contributed by atoms with Gasteiger partial charge in [-0.3, -0.25) is 24.6 Å². The first-order valence-electron chi connectivity index (χ1n) is 14.4. The molecule has 234 valence electrons. The first kappa shape index (κ1) is 32.6. The number of nitro groups is 1. The van der Waals surface area contributed by atoms with Gasteiger partial charge in [0.1, 0.15) is 5.41 Å². The third kappa shape index (κ3) is 7.43. The predicted octanol–water partition coefficient (Wildman–Crippen LogP) is 5.01. The average molecular weight is 613 g/mol. The van der Waals surface area contributed by atoms with Gasteiger partial charge < -0.3 is 15.7 Å². The molecule has 1 heterocycles. The minimum absolute atomic E-state index is 0.0189. The van der Waals surface area contributed by atoms with Crippen molar-refractivity contribution in [2.45, 2.75) is 37.3 Å². The Kier molecular flexibility index (Phi) is 10.4. The van der Waals surface area contributed by atoms with Crippen molar-refractivity contribution in [1.29, 1.82) is 0 Å². The molecule has 3 aromatic rings. The Hall–Kier alpha value is -4.29. The molecule has 1 fully saturated rings. The molecule has 0 bridgehead atoms. The van der Waals surface area contributed by atoms with Crippen molar-refractivity contribution in [3.05, 3.63) is 99.6 Å². The highest BCUT2D eigenvalue weighted by atomic mass is 19.4. The highest BCUT2D eigenvalue weighted by molar-refractivity contribution is 5.97. The third-order valence-corrected chi connectivity index (χ3v) is 8.16. The fourth-order valence-corrected chi connectivity index (χ4v) is 5.90. The molecule has 0 saturated carbocycles. The second kappa shape index (κ2) is 14.0. The third-order valence-electron chi connectivity index (χ3n) is 8.16. The largest absolute Gasteiger partial charge is 0.480 e. The van der Waals surface area contributed by atoms with Gasteiger partial charge in [0.05, 0.1) is 17.9 Å². The minimum Gasteiger partial charge on any atom is -0.480 e. The number of non-ortho nitro benzene ring substituents is 1. The summed E-state index contributed by atoms with van der Waals surface area (Å²) in [6, 6.07) is 21.8. The summed E-state index contributed by atoms with van der Waals surface area (Å²) in [6.45, 7) is 2.48. The Labute approximate surface area is 253 Å². The second-order valence-corrected chi connectivity index (χ2v) is 10.9. The van der Waals surface area contributed by atoms with Crippen LogP contribution in [0.2, 0.25) is 0 Å². The van der Waals surface area contributed by atoms with Crippen molar-refractivity contribution >= 4 is 17.6 Å². The number of unbranched alkanes of at least 4 members (excludes halogenated alkanes) is 1. The minimum atomic E-state index is -4.18. The van der Waals surface area contributed by atoms with Crippen LogP contribution < -0.4 is 5.73 Å². The fourth-order valence-electron chi connectivity index (χ4n) is 5.90. The number of hydrogen-bond acceptors (Lipinski definition) is 6. The number of nitrogens with two attached hydrogens (primary N) is 1. The van der Waals surface area contributed by atoms with Gasteiger partial charge in [0.15, 0.2) is 0 Å². The van der Waals surface area contributed by atoms with Gasteiger partial charge in [-0.15, -0.1) is 0 Å². The van der Waals surface area contributed by atoms with Gasteiger partial charge in [0.2, 0.25) is 5.91 Å². The molecular weight excluding hydrogens is 577 g/mol. The van der Waals surface area contributed by atoms with Crippen molar-refractivity contribution < 1.29 is 32.8 Å². The number of carbonyl (C=O) groups excluding carboxylic acids is 1. The van der Waals surface area contributed by atoms with Crippen molar-refractivity contribution in [2.75, 3.05) is 39.3 Å². The van der Waals surface area contributed by atoms with Gasteiger partial charge in [-0.2, -0.15) is 13.2 Å². The zero-order valence-corrected chi connectivity index (χ0v) is 24.1. The van der Waals surface area contributed by atoms with E-state index < -0.39 is 29.0 Å². The van der Waals surface area contributed by atoms with Crippen LogP contribution in [0, 0.1) is 10.1 Å². The molecule has 0 radical (unpaired) electrons. The lowest BCUT2D eigenvalue weighted by Gasteiger charge is -2.35. The zero-order chi connectivity index (χ0) is 31.9. The molecule has 2 aliphatic rings. The molecule has 0 spiro atoms. The molecule has 1 saturated heterocycles. The highest BCUT2D eigenvalue weighted by Gasteiger charge is 2.48. The van der Waals surface area contributed by atoms with Gasteiger partial charge in [0, 0.05) is 38.3 Å². The Morgan fingerprint density at radius 3 is 1.89 bits per heavy atom. The average Bonchev–Trinajstić information content (AvgIpc) is 3.30. The van der Waals surface area contributed by atoms with Crippen LogP contribution in [0.1, 0.15) is 36.0 Å². The number of amides is 1. The van der Waals surface area contributed by atoms with Crippen molar-refractivity contribution in [1.82, 2.24) is 9.80 Å². The smallest absolute Gasteiger partial charge is 0.400 e. The predicted molar refractivity (Wildman–Crippen MR) is 159 cm³/mol. The zero-order valence-electron chi connectivity index (χ0n) is 24.1. The van der Waals surface area contributed by atoms with E-state index in [2.05, 4.69) is 10.6 Å². The molecule has 1 aliphatic heterocycles. The Balaban J connectivity index is 0.000000670. The fraction of sp³-hybridized carbons (Fsp3) is 0.375. The van der Waals surface area contributed by atoms with Gasteiger partial charge in [-0.05, 0) is 47.2 Å². The van der Waals surface area contributed by atoms with Crippen molar-refractivity contribution in [3.63, 3.8) is 0 Å². The second-order valence-electron chi connectivity index (χ2n) is 10.9.